The third kappa shape index (κ3) is 2.40. The van der Waals surface area contributed by atoms with Gasteiger partial charge in [0.2, 0.25) is 0 Å². The Morgan fingerprint density at radius 2 is 2.12 bits per heavy atom. The molecular weight excluding hydrogens is 250 g/mol. The minimum absolute atomic E-state index is 0.125. The summed E-state index contributed by atoms with van der Waals surface area (Å²) in [6.45, 7) is 0. The molecular formula is C11H10F2OS2. The monoisotopic (exact) mass is 260 g/mol. The Morgan fingerprint density at radius 3 is 2.81 bits per heavy atom. The van der Waals surface area contributed by atoms with Crippen LogP contribution in [0.2, 0.25) is 0 Å². The molecule has 0 saturated carbocycles. The maximum atomic E-state index is 13.4. The highest BCUT2D eigenvalue weighted by Gasteiger charge is 2.26. The van der Waals surface area contributed by atoms with Gasteiger partial charge in [0.1, 0.15) is 0 Å². The van der Waals surface area contributed by atoms with Gasteiger partial charge in [-0.1, -0.05) is 6.07 Å². The van der Waals surface area contributed by atoms with Crippen LogP contribution in [-0.2, 0) is 0 Å². The van der Waals surface area contributed by atoms with Gasteiger partial charge in [-0.25, -0.2) is 8.78 Å². The van der Waals surface area contributed by atoms with Crippen LogP contribution in [0.15, 0.2) is 18.2 Å². The SMILES string of the molecule is O=C(c1cccc(F)c1F)C1CSCCS1. The first-order chi connectivity index (χ1) is 7.70. The molecule has 1 nitrogen and oxygen atoms in total. The van der Waals surface area contributed by atoms with Crippen molar-refractivity contribution in [2.24, 2.45) is 0 Å². The summed E-state index contributed by atoms with van der Waals surface area (Å²) in [5.74, 6) is 0.301. The molecule has 0 spiro atoms. The van der Waals surface area contributed by atoms with E-state index in [1.54, 1.807) is 11.8 Å². The molecule has 0 aromatic heterocycles. The van der Waals surface area contributed by atoms with Crippen molar-refractivity contribution in [2.45, 2.75) is 5.25 Å². The largest absolute Gasteiger partial charge is 0.293 e. The zero-order valence-electron chi connectivity index (χ0n) is 8.41. The number of benzene rings is 1. The number of ketones is 1. The van der Waals surface area contributed by atoms with E-state index in [2.05, 4.69) is 0 Å². The molecule has 1 unspecified atom stereocenters. The molecule has 0 radical (unpaired) electrons. The topological polar surface area (TPSA) is 17.1 Å². The second-order valence-corrected chi connectivity index (χ2v) is 5.86. The lowest BCUT2D eigenvalue weighted by molar-refractivity contribution is 0.0990. The van der Waals surface area contributed by atoms with Crippen LogP contribution in [0.3, 0.4) is 0 Å². The van der Waals surface area contributed by atoms with E-state index in [9.17, 15) is 13.6 Å². The Labute approximate surface area is 101 Å². The van der Waals surface area contributed by atoms with E-state index in [0.29, 0.717) is 5.75 Å². The third-order valence-corrected chi connectivity index (χ3v) is 5.08. The Morgan fingerprint density at radius 1 is 1.31 bits per heavy atom. The molecule has 1 aliphatic rings. The number of carbonyl (C=O) groups excluding carboxylic acids is 1. The fourth-order valence-electron chi connectivity index (χ4n) is 1.51. The summed E-state index contributed by atoms with van der Waals surface area (Å²) in [7, 11) is 0. The first kappa shape index (κ1) is 11.9. The van der Waals surface area contributed by atoms with Crippen molar-refractivity contribution in [3.63, 3.8) is 0 Å². The van der Waals surface area contributed by atoms with Crippen molar-refractivity contribution >= 4 is 29.3 Å². The number of rotatable bonds is 2. The minimum atomic E-state index is -1.02. The predicted molar refractivity (Wildman–Crippen MR) is 64.3 cm³/mol. The smallest absolute Gasteiger partial charge is 0.179 e. The number of carbonyl (C=O) groups is 1. The van der Waals surface area contributed by atoms with E-state index in [-0.39, 0.29) is 16.6 Å². The molecule has 0 bridgehead atoms. The van der Waals surface area contributed by atoms with Crippen molar-refractivity contribution in [1.29, 1.82) is 0 Å². The Bertz CT molecular complexity index is 403. The van der Waals surface area contributed by atoms with Gasteiger partial charge in [0.05, 0.1) is 10.8 Å². The maximum absolute atomic E-state index is 13.4. The van der Waals surface area contributed by atoms with Crippen LogP contribution in [-0.4, -0.2) is 28.3 Å². The molecule has 0 aliphatic carbocycles. The number of hydrogen-bond donors (Lipinski definition) is 0. The molecule has 1 heterocycles. The Kier molecular flexibility index (Phi) is 3.86. The van der Waals surface area contributed by atoms with E-state index < -0.39 is 11.6 Å². The lowest BCUT2D eigenvalue weighted by Gasteiger charge is -2.19. The lowest BCUT2D eigenvalue weighted by atomic mass is 10.1. The van der Waals surface area contributed by atoms with Gasteiger partial charge < -0.3 is 0 Å². The minimum Gasteiger partial charge on any atom is -0.293 e. The van der Waals surface area contributed by atoms with Gasteiger partial charge >= 0.3 is 0 Å². The van der Waals surface area contributed by atoms with Crippen LogP contribution >= 0.6 is 23.5 Å². The fraction of sp³-hybridized carbons (Fsp3) is 0.364. The second kappa shape index (κ2) is 5.19. The van der Waals surface area contributed by atoms with Crippen LogP contribution in [0, 0.1) is 11.6 Å². The van der Waals surface area contributed by atoms with Crippen LogP contribution in [0.4, 0.5) is 8.78 Å². The van der Waals surface area contributed by atoms with E-state index in [1.807, 2.05) is 0 Å². The third-order valence-electron chi connectivity index (χ3n) is 2.33. The zero-order chi connectivity index (χ0) is 11.5. The van der Waals surface area contributed by atoms with Crippen molar-refractivity contribution in [2.75, 3.05) is 17.3 Å². The number of halogens is 2. The van der Waals surface area contributed by atoms with Crippen molar-refractivity contribution in [3.05, 3.63) is 35.4 Å². The van der Waals surface area contributed by atoms with Gasteiger partial charge in [-0.3, -0.25) is 4.79 Å². The Hall–Kier alpha value is -0.550. The van der Waals surface area contributed by atoms with Crippen LogP contribution in [0.5, 0.6) is 0 Å². The number of thioether (sulfide) groups is 2. The summed E-state index contributed by atoms with van der Waals surface area (Å²) in [5, 5.41) is -0.241. The van der Waals surface area contributed by atoms with E-state index >= 15 is 0 Å². The van der Waals surface area contributed by atoms with Gasteiger partial charge in [-0.15, -0.1) is 11.8 Å². The normalized spacial score (nSPS) is 20.8. The highest BCUT2D eigenvalue weighted by Crippen LogP contribution is 2.27. The van der Waals surface area contributed by atoms with E-state index in [0.717, 1.165) is 17.6 Å². The van der Waals surface area contributed by atoms with Gasteiger partial charge in [-0.05, 0) is 12.1 Å². The maximum Gasteiger partial charge on any atom is 0.179 e. The molecule has 5 heteroatoms. The van der Waals surface area contributed by atoms with Gasteiger partial charge in [0, 0.05) is 17.3 Å². The summed E-state index contributed by atoms with van der Waals surface area (Å²) in [6.07, 6.45) is 0. The lowest BCUT2D eigenvalue weighted by Crippen LogP contribution is -2.25. The first-order valence-electron chi connectivity index (χ1n) is 4.87. The molecule has 1 saturated heterocycles. The average Bonchev–Trinajstić information content (AvgIpc) is 2.33. The van der Waals surface area contributed by atoms with Crippen LogP contribution in [0.25, 0.3) is 0 Å². The van der Waals surface area contributed by atoms with E-state index in [1.165, 1.54) is 23.9 Å². The van der Waals surface area contributed by atoms with Crippen LogP contribution < -0.4 is 0 Å². The molecule has 1 fully saturated rings. The van der Waals surface area contributed by atoms with Crippen LogP contribution in [0.1, 0.15) is 10.4 Å². The van der Waals surface area contributed by atoms with Crippen molar-refractivity contribution in [1.82, 2.24) is 0 Å². The summed E-state index contributed by atoms with van der Waals surface area (Å²) in [6, 6.07) is 3.74. The van der Waals surface area contributed by atoms with Gasteiger partial charge in [0.25, 0.3) is 0 Å². The fourth-order valence-corrected chi connectivity index (χ4v) is 4.13. The average molecular weight is 260 g/mol. The van der Waals surface area contributed by atoms with E-state index in [4.69, 9.17) is 0 Å². The first-order valence-corrected chi connectivity index (χ1v) is 7.08. The predicted octanol–water partition coefficient (Wildman–Crippen LogP) is 3.00. The molecule has 1 atom stereocenters. The molecule has 0 amide bonds. The second-order valence-electron chi connectivity index (χ2n) is 3.40. The zero-order valence-corrected chi connectivity index (χ0v) is 10.0. The molecule has 1 aliphatic heterocycles. The standard InChI is InChI=1S/C11H10F2OS2/c12-8-3-1-2-7(10(8)13)11(14)9-6-15-4-5-16-9/h1-3,9H,4-6H2. The molecule has 16 heavy (non-hydrogen) atoms. The van der Waals surface area contributed by atoms with Crippen molar-refractivity contribution < 1.29 is 13.6 Å². The van der Waals surface area contributed by atoms with Gasteiger partial charge in [-0.2, -0.15) is 11.8 Å². The quantitative estimate of drug-likeness (QED) is 0.761. The number of Topliss-reactive ketones (excluding diaryl/α,β-unsaturated/α-hetero) is 1. The molecule has 2 rings (SSSR count). The highest BCUT2D eigenvalue weighted by atomic mass is 32.2. The molecule has 86 valence electrons. The van der Waals surface area contributed by atoms with Gasteiger partial charge in [0.15, 0.2) is 17.4 Å². The molecule has 1 aromatic rings. The number of hydrogen-bond acceptors (Lipinski definition) is 3. The molecule has 1 aromatic carbocycles. The summed E-state index contributed by atoms with van der Waals surface area (Å²) >= 11 is 3.20. The summed E-state index contributed by atoms with van der Waals surface area (Å²) < 4.78 is 26.4. The molecule has 0 N–H and O–H groups in total. The van der Waals surface area contributed by atoms with Crippen molar-refractivity contribution in [3.8, 4) is 0 Å². The summed E-state index contributed by atoms with van der Waals surface area (Å²) in [5.41, 5.74) is -0.125. The summed E-state index contributed by atoms with van der Waals surface area (Å²) in [4.78, 5) is 11.9. The Balaban J connectivity index is 2.22. The highest BCUT2D eigenvalue weighted by molar-refractivity contribution is 8.07.